The minimum absolute atomic E-state index is 0.0502. The molecule has 12 heteroatoms. The van der Waals surface area contributed by atoms with Gasteiger partial charge in [-0.1, -0.05) is 6.07 Å². The lowest BCUT2D eigenvalue weighted by molar-refractivity contribution is -0.0834. The minimum Gasteiger partial charge on any atom is -0.490 e. The third-order valence-corrected chi connectivity index (χ3v) is 9.43. The summed E-state index contributed by atoms with van der Waals surface area (Å²) in [7, 11) is -0.574. The predicted molar refractivity (Wildman–Crippen MR) is 164 cm³/mol. The zero-order chi connectivity index (χ0) is 31.7. The van der Waals surface area contributed by atoms with Gasteiger partial charge in [-0.05, 0) is 102 Å². The summed E-state index contributed by atoms with van der Waals surface area (Å²) in [6.45, 7) is 11.5. The average Bonchev–Trinajstić information content (AvgIpc) is 3.40. The predicted octanol–water partition coefficient (Wildman–Crippen LogP) is 3.00. The number of benzene rings is 1. The summed E-state index contributed by atoms with van der Waals surface area (Å²) in [5, 5.41) is 17.4. The Morgan fingerprint density at radius 1 is 1.09 bits per heavy atom. The highest BCUT2D eigenvalue weighted by Crippen LogP contribution is 2.57. The van der Waals surface area contributed by atoms with Gasteiger partial charge in [-0.2, -0.15) is 5.10 Å². The van der Waals surface area contributed by atoms with Crippen molar-refractivity contribution in [3.63, 3.8) is 0 Å². The molecule has 0 radical (unpaired) electrons. The number of carbonyl (C=O) groups excluding carboxylic acids is 2. The van der Waals surface area contributed by atoms with Crippen molar-refractivity contribution in [1.82, 2.24) is 14.9 Å². The van der Waals surface area contributed by atoms with Gasteiger partial charge >= 0.3 is 7.12 Å². The largest absolute Gasteiger partial charge is 0.494 e. The van der Waals surface area contributed by atoms with Crippen LogP contribution < -0.4 is 26.0 Å². The summed E-state index contributed by atoms with van der Waals surface area (Å²) >= 11 is 0. The van der Waals surface area contributed by atoms with E-state index in [0.717, 1.165) is 31.1 Å². The van der Waals surface area contributed by atoms with Gasteiger partial charge in [0.05, 0.1) is 51.9 Å². The Morgan fingerprint density at radius 2 is 1.77 bits per heavy atom. The van der Waals surface area contributed by atoms with Crippen molar-refractivity contribution >= 4 is 29.9 Å². The third-order valence-electron chi connectivity index (χ3n) is 9.43. The average molecular weight is 605 g/mol. The van der Waals surface area contributed by atoms with Crippen molar-refractivity contribution in [1.29, 1.82) is 0 Å². The van der Waals surface area contributed by atoms with Gasteiger partial charge in [0.15, 0.2) is 0 Å². The molecule has 3 aliphatic rings. The van der Waals surface area contributed by atoms with Gasteiger partial charge in [-0.15, -0.1) is 0 Å². The van der Waals surface area contributed by atoms with Crippen molar-refractivity contribution in [2.24, 2.45) is 11.1 Å². The number of fused-ring (bicyclic) bond motifs is 1. The second-order valence-electron chi connectivity index (χ2n) is 14.3. The summed E-state index contributed by atoms with van der Waals surface area (Å²) in [6, 6.07) is 8.90. The maximum Gasteiger partial charge on any atom is 0.494 e. The molecule has 11 nitrogen and oxygen atoms in total. The number of aromatic nitrogens is 2. The van der Waals surface area contributed by atoms with Gasteiger partial charge in [-0.3, -0.25) is 9.59 Å². The number of aliphatic hydroxyl groups is 1. The first kappa shape index (κ1) is 30.4. The Balaban J connectivity index is 1.03. The molecular formula is C32H41BN4O7. The highest BCUT2D eigenvalue weighted by Gasteiger charge is 2.55. The maximum absolute atomic E-state index is 13.1. The van der Waals surface area contributed by atoms with Crippen molar-refractivity contribution in [2.75, 3.05) is 6.61 Å². The first-order valence-corrected chi connectivity index (χ1v) is 15.1. The molecule has 6 rings (SSSR count). The monoisotopic (exact) mass is 604 g/mol. The van der Waals surface area contributed by atoms with Crippen LogP contribution in [0, 0.1) is 5.41 Å². The third kappa shape index (κ3) is 5.78. The number of amides is 2. The van der Waals surface area contributed by atoms with Crippen molar-refractivity contribution in [3.8, 4) is 11.5 Å². The Morgan fingerprint density at radius 3 is 2.41 bits per heavy atom. The number of ether oxygens (including phenoxy) is 2. The fourth-order valence-corrected chi connectivity index (χ4v) is 6.30. The van der Waals surface area contributed by atoms with Crippen molar-refractivity contribution in [2.45, 2.75) is 96.2 Å². The summed E-state index contributed by atoms with van der Waals surface area (Å²) in [5.74, 6) is 0.282. The fraction of sp³-hybridized carbons (Fsp3) is 0.531. The topological polar surface area (TPSA) is 147 Å². The number of pyridine rings is 1. The zero-order valence-electron chi connectivity index (χ0n) is 26.2. The lowest BCUT2D eigenvalue weighted by atomic mass is 9.53. The van der Waals surface area contributed by atoms with Crippen LogP contribution in [0.15, 0.2) is 42.7 Å². The standard InChI is InChI=1S/C32H41BN4O7/c1-29(2,40)18-41-21-8-10-25-24(16-35-37(25)17-21)28(39)36-20-12-32(13-20)14-22(15-32)42-26-11-19(7-9-23(26)27(34)38)33-43-30(3,4)31(5,6)44-33/h7-11,16-17,20,22,40H,12-15,18H2,1-6H3,(H2,34,38)(H,36,39). The summed E-state index contributed by atoms with van der Waals surface area (Å²) in [4.78, 5) is 25.3. The molecule has 3 aromatic rings. The molecule has 1 aromatic carbocycles. The van der Waals surface area contributed by atoms with E-state index in [4.69, 9.17) is 24.5 Å². The van der Waals surface area contributed by atoms with E-state index in [2.05, 4.69) is 10.4 Å². The molecule has 4 N–H and O–H groups in total. The van der Waals surface area contributed by atoms with E-state index in [-0.39, 0.29) is 30.1 Å². The second kappa shape index (κ2) is 10.5. The number of rotatable bonds is 9. The maximum atomic E-state index is 13.1. The Bertz CT molecular complexity index is 1580. The molecule has 3 heterocycles. The van der Waals surface area contributed by atoms with E-state index in [1.807, 2.05) is 27.7 Å². The first-order valence-electron chi connectivity index (χ1n) is 15.1. The molecular weight excluding hydrogens is 563 g/mol. The molecule has 44 heavy (non-hydrogen) atoms. The Labute approximate surface area is 257 Å². The highest BCUT2D eigenvalue weighted by molar-refractivity contribution is 6.62. The van der Waals surface area contributed by atoms with Crippen LogP contribution in [0.2, 0.25) is 0 Å². The second-order valence-corrected chi connectivity index (χ2v) is 14.3. The van der Waals surface area contributed by atoms with Gasteiger partial charge < -0.3 is 34.9 Å². The van der Waals surface area contributed by atoms with E-state index >= 15 is 0 Å². The summed E-state index contributed by atoms with van der Waals surface area (Å²) in [6.07, 6.45) is 6.60. The molecule has 234 valence electrons. The number of carbonyl (C=O) groups is 2. The van der Waals surface area contributed by atoms with E-state index in [1.54, 1.807) is 61.1 Å². The molecule has 0 bridgehead atoms. The van der Waals surface area contributed by atoms with Crippen LogP contribution in [0.5, 0.6) is 11.5 Å². The quantitative estimate of drug-likeness (QED) is 0.316. The van der Waals surface area contributed by atoms with Gasteiger partial charge in [0, 0.05) is 6.04 Å². The number of hydrogen-bond acceptors (Lipinski definition) is 8. The number of nitrogens with two attached hydrogens (primary N) is 1. The van der Waals surface area contributed by atoms with Crippen LogP contribution in [-0.2, 0) is 9.31 Å². The molecule has 1 saturated heterocycles. The zero-order valence-corrected chi connectivity index (χ0v) is 26.2. The van der Waals surface area contributed by atoms with E-state index in [9.17, 15) is 14.7 Å². The Hall–Kier alpha value is -3.61. The fourth-order valence-electron chi connectivity index (χ4n) is 6.30. The number of nitrogens with zero attached hydrogens (tertiary/aromatic N) is 2. The van der Waals surface area contributed by atoms with E-state index < -0.39 is 29.8 Å². The normalized spacial score (nSPS) is 25.4. The number of nitrogens with one attached hydrogen (secondary N) is 1. The molecule has 0 unspecified atom stereocenters. The molecule has 1 spiro atoms. The van der Waals surface area contributed by atoms with Gasteiger partial charge in [-0.25, -0.2) is 4.52 Å². The molecule has 2 aliphatic carbocycles. The van der Waals surface area contributed by atoms with Crippen molar-refractivity contribution < 1.29 is 33.5 Å². The van der Waals surface area contributed by atoms with Gasteiger partial charge in [0.25, 0.3) is 11.8 Å². The summed E-state index contributed by atoms with van der Waals surface area (Å²) < 4.78 is 25.9. The minimum atomic E-state index is -0.955. The molecule has 0 atom stereocenters. The van der Waals surface area contributed by atoms with Gasteiger partial charge in [0.1, 0.15) is 18.1 Å². The van der Waals surface area contributed by atoms with Crippen LogP contribution in [-0.4, -0.2) is 69.2 Å². The molecule has 1 aliphatic heterocycles. The lowest BCUT2D eigenvalue weighted by Crippen LogP contribution is -2.58. The lowest BCUT2D eigenvalue weighted by Gasteiger charge is -2.57. The van der Waals surface area contributed by atoms with E-state index in [1.165, 1.54) is 0 Å². The van der Waals surface area contributed by atoms with Crippen molar-refractivity contribution in [3.05, 3.63) is 53.9 Å². The molecule has 2 saturated carbocycles. The van der Waals surface area contributed by atoms with Gasteiger partial charge in [0.2, 0.25) is 0 Å². The first-order chi connectivity index (χ1) is 20.5. The van der Waals surface area contributed by atoms with Crippen LogP contribution in [0.1, 0.15) is 87.9 Å². The summed E-state index contributed by atoms with van der Waals surface area (Å²) in [5.41, 5.74) is 6.13. The van der Waals surface area contributed by atoms with Crippen LogP contribution in [0.3, 0.4) is 0 Å². The number of primary amides is 1. The van der Waals surface area contributed by atoms with Crippen LogP contribution >= 0.6 is 0 Å². The SMILES string of the molecule is CC(C)(O)COc1ccc2c(C(=O)NC3CC4(C3)CC(Oc3cc(B5OC(C)(C)C(C)(C)O5)ccc3C(N)=O)C4)cnn2c1. The molecule has 2 aromatic heterocycles. The van der Waals surface area contributed by atoms with Crippen LogP contribution in [0.25, 0.3) is 5.52 Å². The highest BCUT2D eigenvalue weighted by atomic mass is 16.7. The smallest absolute Gasteiger partial charge is 0.490 e. The molecule has 2 amide bonds. The number of hydrogen-bond donors (Lipinski definition) is 3. The molecule has 3 fully saturated rings. The van der Waals surface area contributed by atoms with Crippen LogP contribution in [0.4, 0.5) is 0 Å². The van der Waals surface area contributed by atoms with E-state index in [0.29, 0.717) is 28.1 Å². The Kier molecular flexibility index (Phi) is 7.26.